The van der Waals surface area contributed by atoms with Crippen LogP contribution in [0.25, 0.3) is 0 Å². The predicted octanol–water partition coefficient (Wildman–Crippen LogP) is 2.17. The Kier molecular flexibility index (Phi) is 3.40. The van der Waals surface area contributed by atoms with Gasteiger partial charge in [-0.2, -0.15) is 0 Å². The highest BCUT2D eigenvalue weighted by molar-refractivity contribution is 5.98. The summed E-state index contributed by atoms with van der Waals surface area (Å²) in [6.45, 7) is 0.585. The average molecular weight is 225 g/mol. The lowest BCUT2D eigenvalue weighted by Gasteiger charge is -2.02. The molecule has 3 nitrogen and oxygen atoms in total. The number of amidine groups is 1. The van der Waals surface area contributed by atoms with Crippen molar-refractivity contribution in [3.05, 3.63) is 65.7 Å². The first kappa shape index (κ1) is 11.2. The van der Waals surface area contributed by atoms with Crippen molar-refractivity contribution >= 4 is 11.5 Å². The van der Waals surface area contributed by atoms with Crippen LogP contribution in [0.2, 0.25) is 0 Å². The van der Waals surface area contributed by atoms with Crippen LogP contribution in [0.1, 0.15) is 11.1 Å². The lowest BCUT2D eigenvalue weighted by Crippen LogP contribution is -2.13. The van der Waals surface area contributed by atoms with Crippen LogP contribution in [0.5, 0.6) is 0 Å². The number of aliphatic imine (C=N–C) groups is 1. The van der Waals surface area contributed by atoms with E-state index in [4.69, 9.17) is 11.5 Å². The molecule has 0 unspecified atom stereocenters. The fraction of sp³-hybridized carbons (Fsp3) is 0.0714. The van der Waals surface area contributed by atoms with Gasteiger partial charge in [-0.05, 0) is 17.7 Å². The molecular formula is C14H15N3. The second-order valence-corrected chi connectivity index (χ2v) is 3.81. The normalized spacial score (nSPS) is 11.4. The second kappa shape index (κ2) is 5.16. The van der Waals surface area contributed by atoms with Crippen molar-refractivity contribution < 1.29 is 0 Å². The summed E-state index contributed by atoms with van der Waals surface area (Å²) in [4.78, 5) is 4.34. The van der Waals surface area contributed by atoms with E-state index in [9.17, 15) is 0 Å². The van der Waals surface area contributed by atoms with Crippen LogP contribution in [0.15, 0.2) is 59.6 Å². The van der Waals surface area contributed by atoms with Crippen molar-refractivity contribution in [2.45, 2.75) is 6.54 Å². The SMILES string of the molecule is NC(=NCc1ccccc1)c1cccc(N)c1. The molecular weight excluding hydrogens is 210 g/mol. The van der Waals surface area contributed by atoms with Gasteiger partial charge in [-0.1, -0.05) is 42.5 Å². The smallest absolute Gasteiger partial charge is 0.126 e. The summed E-state index contributed by atoms with van der Waals surface area (Å²) in [6, 6.07) is 17.4. The maximum absolute atomic E-state index is 5.91. The molecule has 3 heteroatoms. The molecule has 0 fully saturated rings. The number of rotatable bonds is 3. The van der Waals surface area contributed by atoms with Crippen molar-refractivity contribution in [3.8, 4) is 0 Å². The fourth-order valence-corrected chi connectivity index (χ4v) is 1.55. The van der Waals surface area contributed by atoms with Gasteiger partial charge in [0, 0.05) is 11.3 Å². The van der Waals surface area contributed by atoms with Gasteiger partial charge >= 0.3 is 0 Å². The number of nitrogens with zero attached hydrogens (tertiary/aromatic N) is 1. The average Bonchev–Trinajstić information content (AvgIpc) is 2.37. The maximum Gasteiger partial charge on any atom is 0.126 e. The van der Waals surface area contributed by atoms with E-state index in [1.165, 1.54) is 0 Å². The van der Waals surface area contributed by atoms with Gasteiger partial charge in [-0.15, -0.1) is 0 Å². The number of benzene rings is 2. The minimum atomic E-state index is 0.515. The summed E-state index contributed by atoms with van der Waals surface area (Å²) in [7, 11) is 0. The van der Waals surface area contributed by atoms with E-state index in [0.29, 0.717) is 18.1 Å². The molecule has 0 aliphatic carbocycles. The third-order valence-corrected chi connectivity index (χ3v) is 2.46. The van der Waals surface area contributed by atoms with E-state index in [-0.39, 0.29) is 0 Å². The lowest BCUT2D eigenvalue weighted by atomic mass is 10.2. The van der Waals surface area contributed by atoms with E-state index >= 15 is 0 Å². The molecule has 0 saturated carbocycles. The number of nitrogen functional groups attached to an aromatic ring is 1. The summed E-state index contributed by atoms with van der Waals surface area (Å²) in [5.74, 6) is 0.515. The van der Waals surface area contributed by atoms with Crippen molar-refractivity contribution in [3.63, 3.8) is 0 Å². The Balaban J connectivity index is 2.12. The van der Waals surface area contributed by atoms with Gasteiger partial charge in [0.1, 0.15) is 5.84 Å². The molecule has 0 bridgehead atoms. The van der Waals surface area contributed by atoms with E-state index in [1.807, 2.05) is 54.6 Å². The van der Waals surface area contributed by atoms with Gasteiger partial charge in [-0.3, -0.25) is 4.99 Å². The van der Waals surface area contributed by atoms with Crippen LogP contribution in [-0.2, 0) is 6.54 Å². The van der Waals surface area contributed by atoms with E-state index in [2.05, 4.69) is 4.99 Å². The zero-order valence-electron chi connectivity index (χ0n) is 9.51. The van der Waals surface area contributed by atoms with Crippen molar-refractivity contribution in [1.82, 2.24) is 0 Å². The summed E-state index contributed by atoms with van der Waals surface area (Å²) in [5, 5.41) is 0. The molecule has 2 aromatic carbocycles. The highest BCUT2D eigenvalue weighted by Gasteiger charge is 1.98. The van der Waals surface area contributed by atoms with Crippen LogP contribution in [0, 0.1) is 0 Å². The van der Waals surface area contributed by atoms with Crippen LogP contribution >= 0.6 is 0 Å². The molecule has 0 aliphatic heterocycles. The quantitative estimate of drug-likeness (QED) is 0.477. The van der Waals surface area contributed by atoms with Gasteiger partial charge in [-0.25, -0.2) is 0 Å². The summed E-state index contributed by atoms with van der Waals surface area (Å²) in [6.07, 6.45) is 0. The van der Waals surface area contributed by atoms with Crippen LogP contribution in [0.4, 0.5) is 5.69 Å². The largest absolute Gasteiger partial charge is 0.399 e. The highest BCUT2D eigenvalue weighted by Crippen LogP contribution is 2.07. The van der Waals surface area contributed by atoms with E-state index < -0.39 is 0 Å². The molecule has 0 radical (unpaired) electrons. The second-order valence-electron chi connectivity index (χ2n) is 3.81. The number of anilines is 1. The van der Waals surface area contributed by atoms with E-state index in [0.717, 1.165) is 11.1 Å². The third-order valence-electron chi connectivity index (χ3n) is 2.46. The summed E-state index contributed by atoms with van der Waals surface area (Å²) >= 11 is 0. The molecule has 0 aliphatic rings. The zero-order chi connectivity index (χ0) is 12.1. The van der Waals surface area contributed by atoms with Crippen molar-refractivity contribution in [2.24, 2.45) is 10.7 Å². The molecule has 17 heavy (non-hydrogen) atoms. The van der Waals surface area contributed by atoms with E-state index in [1.54, 1.807) is 0 Å². The summed E-state index contributed by atoms with van der Waals surface area (Å²) < 4.78 is 0. The van der Waals surface area contributed by atoms with Crippen molar-refractivity contribution in [2.75, 3.05) is 5.73 Å². The number of hydrogen-bond acceptors (Lipinski definition) is 2. The Morgan fingerprint density at radius 3 is 2.47 bits per heavy atom. The van der Waals surface area contributed by atoms with Crippen LogP contribution in [-0.4, -0.2) is 5.84 Å². The minimum Gasteiger partial charge on any atom is -0.399 e. The monoisotopic (exact) mass is 225 g/mol. The first-order chi connectivity index (χ1) is 8.25. The van der Waals surface area contributed by atoms with Gasteiger partial charge in [0.2, 0.25) is 0 Å². The molecule has 0 heterocycles. The summed E-state index contributed by atoms with van der Waals surface area (Å²) in [5.41, 5.74) is 14.3. The molecule has 2 rings (SSSR count). The molecule has 86 valence electrons. The Morgan fingerprint density at radius 1 is 1.00 bits per heavy atom. The Bertz CT molecular complexity index is 518. The third kappa shape index (κ3) is 3.08. The van der Waals surface area contributed by atoms with Gasteiger partial charge in [0.05, 0.1) is 6.54 Å². The molecule has 0 atom stereocenters. The topological polar surface area (TPSA) is 64.4 Å². The van der Waals surface area contributed by atoms with Gasteiger partial charge < -0.3 is 11.5 Å². The predicted molar refractivity (Wildman–Crippen MR) is 71.7 cm³/mol. The lowest BCUT2D eigenvalue weighted by molar-refractivity contribution is 1.06. The fourth-order valence-electron chi connectivity index (χ4n) is 1.55. The zero-order valence-corrected chi connectivity index (χ0v) is 9.51. The molecule has 0 amide bonds. The molecule has 0 aromatic heterocycles. The van der Waals surface area contributed by atoms with Gasteiger partial charge in [0.25, 0.3) is 0 Å². The Hall–Kier alpha value is -2.29. The van der Waals surface area contributed by atoms with Crippen molar-refractivity contribution in [1.29, 1.82) is 0 Å². The number of hydrogen-bond donors (Lipinski definition) is 2. The Labute approximate surface area is 101 Å². The number of nitrogens with two attached hydrogens (primary N) is 2. The standard InChI is InChI=1S/C14H15N3/c15-13-8-4-7-12(9-13)14(16)17-10-11-5-2-1-3-6-11/h1-9H,10,15H2,(H2,16,17). The van der Waals surface area contributed by atoms with Crippen LogP contribution < -0.4 is 11.5 Å². The maximum atomic E-state index is 5.91. The van der Waals surface area contributed by atoms with Crippen LogP contribution in [0.3, 0.4) is 0 Å². The first-order valence-electron chi connectivity index (χ1n) is 5.45. The highest BCUT2D eigenvalue weighted by atomic mass is 14.8. The Morgan fingerprint density at radius 2 is 1.76 bits per heavy atom. The molecule has 0 saturated heterocycles. The van der Waals surface area contributed by atoms with Gasteiger partial charge in [0.15, 0.2) is 0 Å². The molecule has 0 spiro atoms. The minimum absolute atomic E-state index is 0.515. The molecule has 2 aromatic rings. The molecule has 4 N–H and O–H groups in total. The first-order valence-corrected chi connectivity index (χ1v) is 5.45.